The maximum Gasteiger partial charge on any atom is 0.242 e. The van der Waals surface area contributed by atoms with E-state index in [1.165, 1.54) is 6.42 Å². The zero-order valence-corrected chi connectivity index (χ0v) is 24.1. The van der Waals surface area contributed by atoms with Crippen LogP contribution in [-0.2, 0) is 27.3 Å². The molecule has 1 saturated heterocycles. The first-order chi connectivity index (χ1) is 19.6. The quantitative estimate of drug-likeness (QED) is 0.348. The summed E-state index contributed by atoms with van der Waals surface area (Å²) >= 11 is 0. The minimum absolute atomic E-state index is 0.0234. The van der Waals surface area contributed by atoms with E-state index in [0.29, 0.717) is 37.6 Å². The van der Waals surface area contributed by atoms with E-state index in [9.17, 15) is 9.59 Å². The molecule has 4 rings (SSSR count). The van der Waals surface area contributed by atoms with Crippen molar-refractivity contribution in [2.75, 3.05) is 66.7 Å². The molecule has 220 valence electrons. The summed E-state index contributed by atoms with van der Waals surface area (Å²) in [6, 6.07) is 9.52. The molecule has 40 heavy (non-hydrogen) atoms. The fraction of sp³-hybridized carbons (Fsp3) is 0.613. The van der Waals surface area contributed by atoms with Crippen molar-refractivity contribution in [3.8, 4) is 11.5 Å². The molecule has 9 heteroatoms. The second-order valence-corrected chi connectivity index (χ2v) is 10.7. The molecule has 0 bridgehead atoms. The van der Waals surface area contributed by atoms with Gasteiger partial charge in [-0.1, -0.05) is 25.3 Å². The van der Waals surface area contributed by atoms with Crippen LogP contribution in [0.1, 0.15) is 49.8 Å². The molecule has 1 aliphatic carbocycles. The topological polar surface area (TPSA) is 84.7 Å². The summed E-state index contributed by atoms with van der Waals surface area (Å²) in [7, 11) is 3.23. The number of nitrogens with zero attached hydrogens (tertiary/aromatic N) is 3. The molecule has 1 aromatic heterocycles. The van der Waals surface area contributed by atoms with Crippen LogP contribution in [0.5, 0.6) is 11.5 Å². The van der Waals surface area contributed by atoms with E-state index in [1.54, 1.807) is 25.4 Å². The average Bonchev–Trinajstić information content (AvgIpc) is 3.52. The fourth-order valence-corrected chi connectivity index (χ4v) is 5.63. The number of carbonyl (C=O) groups is 2. The summed E-state index contributed by atoms with van der Waals surface area (Å²) in [6.45, 7) is 5.78. The van der Waals surface area contributed by atoms with Crippen molar-refractivity contribution in [1.29, 1.82) is 0 Å². The number of hydrogen-bond acceptors (Lipinski definition) is 7. The number of carbonyl (C=O) groups excluding carboxylic acids is 2. The first-order valence-corrected chi connectivity index (χ1v) is 14.7. The summed E-state index contributed by atoms with van der Waals surface area (Å²) < 4.78 is 21.9. The highest BCUT2D eigenvalue weighted by atomic mass is 16.5. The van der Waals surface area contributed by atoms with Crippen LogP contribution in [0.15, 0.2) is 41.0 Å². The molecule has 1 aliphatic heterocycles. The molecule has 2 aromatic rings. The maximum absolute atomic E-state index is 13.8. The Morgan fingerprint density at radius 3 is 2.45 bits per heavy atom. The summed E-state index contributed by atoms with van der Waals surface area (Å²) in [5.74, 6) is 2.14. The van der Waals surface area contributed by atoms with E-state index in [-0.39, 0.29) is 24.3 Å². The lowest BCUT2D eigenvalue weighted by Crippen LogP contribution is -2.46. The number of ether oxygens (including phenoxy) is 3. The van der Waals surface area contributed by atoms with Gasteiger partial charge >= 0.3 is 0 Å². The van der Waals surface area contributed by atoms with Crippen molar-refractivity contribution in [2.24, 2.45) is 5.92 Å². The third kappa shape index (κ3) is 8.73. The van der Waals surface area contributed by atoms with Gasteiger partial charge in [-0.25, -0.2) is 0 Å². The minimum Gasteiger partial charge on any atom is -0.493 e. The van der Waals surface area contributed by atoms with Gasteiger partial charge in [-0.15, -0.1) is 0 Å². The Bertz CT molecular complexity index is 1050. The summed E-state index contributed by atoms with van der Waals surface area (Å²) in [5.41, 5.74) is 1.04. The van der Waals surface area contributed by atoms with Crippen molar-refractivity contribution in [3.63, 3.8) is 0 Å². The number of furan rings is 1. The monoisotopic (exact) mass is 555 g/mol. The zero-order valence-electron chi connectivity index (χ0n) is 24.1. The van der Waals surface area contributed by atoms with E-state index in [4.69, 9.17) is 18.6 Å². The van der Waals surface area contributed by atoms with E-state index in [2.05, 4.69) is 4.90 Å². The van der Waals surface area contributed by atoms with Gasteiger partial charge in [-0.3, -0.25) is 14.5 Å². The summed E-state index contributed by atoms with van der Waals surface area (Å²) in [5, 5.41) is 0. The molecule has 2 amide bonds. The second kappa shape index (κ2) is 15.7. The van der Waals surface area contributed by atoms with Gasteiger partial charge in [0.2, 0.25) is 11.8 Å². The Labute approximate surface area is 238 Å². The van der Waals surface area contributed by atoms with Crippen LogP contribution in [0.3, 0.4) is 0 Å². The molecule has 9 nitrogen and oxygen atoms in total. The third-order valence-electron chi connectivity index (χ3n) is 8.00. The SMILES string of the molecule is COc1ccc(CCN(Cc2ccco2)C(=O)CN(CCCN2CCOCC2)C(=O)C2CCCCC2)cc1OC. The lowest BCUT2D eigenvalue weighted by molar-refractivity contribution is -0.144. The number of benzene rings is 1. The van der Waals surface area contributed by atoms with Crippen molar-refractivity contribution < 1.29 is 28.2 Å². The average molecular weight is 556 g/mol. The first kappa shape index (κ1) is 29.9. The first-order valence-electron chi connectivity index (χ1n) is 14.7. The minimum atomic E-state index is -0.0626. The Kier molecular flexibility index (Phi) is 11.7. The third-order valence-corrected chi connectivity index (χ3v) is 8.00. The fourth-order valence-electron chi connectivity index (χ4n) is 5.63. The standard InChI is InChI=1S/C31H45N3O6/c1-37-28-12-11-25(22-29(28)38-2)13-16-33(23-27-10-6-19-40-27)30(35)24-34(31(36)26-8-4-3-5-9-26)15-7-14-32-17-20-39-21-18-32/h6,10-12,19,22,26H,3-5,7-9,13-18,20-21,23-24H2,1-2H3. The predicted octanol–water partition coefficient (Wildman–Crippen LogP) is 4.00. The van der Waals surface area contributed by atoms with Crippen molar-refractivity contribution in [3.05, 3.63) is 47.9 Å². The molecule has 2 heterocycles. The lowest BCUT2D eigenvalue weighted by Gasteiger charge is -2.32. The molecule has 0 radical (unpaired) electrons. The van der Waals surface area contributed by atoms with Gasteiger partial charge in [-0.2, -0.15) is 0 Å². The molecule has 2 aliphatic rings. The van der Waals surface area contributed by atoms with Gasteiger partial charge in [0.1, 0.15) is 5.76 Å². The van der Waals surface area contributed by atoms with Gasteiger partial charge in [-0.05, 0) is 55.5 Å². The number of hydrogen-bond donors (Lipinski definition) is 0. The molecule has 0 unspecified atom stereocenters. The van der Waals surface area contributed by atoms with Crippen molar-refractivity contribution >= 4 is 11.8 Å². The van der Waals surface area contributed by atoms with Crippen LogP contribution in [0.25, 0.3) is 0 Å². The summed E-state index contributed by atoms with van der Waals surface area (Å²) in [6.07, 6.45) is 8.30. The molecule has 0 N–H and O–H groups in total. The predicted molar refractivity (Wildman–Crippen MR) is 152 cm³/mol. The smallest absolute Gasteiger partial charge is 0.242 e. The van der Waals surface area contributed by atoms with Crippen LogP contribution in [-0.4, -0.2) is 93.2 Å². The zero-order chi connectivity index (χ0) is 28.2. The van der Waals surface area contributed by atoms with Crippen molar-refractivity contribution in [1.82, 2.24) is 14.7 Å². The van der Waals surface area contributed by atoms with Gasteiger partial charge in [0.25, 0.3) is 0 Å². The largest absolute Gasteiger partial charge is 0.493 e. The number of methoxy groups -OCH3 is 2. The van der Waals surface area contributed by atoms with Crippen LogP contribution < -0.4 is 9.47 Å². The van der Waals surface area contributed by atoms with E-state index < -0.39 is 0 Å². The highest BCUT2D eigenvalue weighted by molar-refractivity contribution is 5.86. The molecular weight excluding hydrogens is 510 g/mol. The van der Waals surface area contributed by atoms with E-state index in [0.717, 1.165) is 76.3 Å². The highest BCUT2D eigenvalue weighted by Gasteiger charge is 2.29. The maximum atomic E-state index is 13.8. The van der Waals surface area contributed by atoms with E-state index in [1.807, 2.05) is 35.2 Å². The molecule has 1 saturated carbocycles. The number of amides is 2. The van der Waals surface area contributed by atoms with Crippen LogP contribution >= 0.6 is 0 Å². The Balaban J connectivity index is 1.43. The van der Waals surface area contributed by atoms with Crippen molar-refractivity contribution in [2.45, 2.75) is 51.5 Å². The molecule has 0 spiro atoms. The summed E-state index contributed by atoms with van der Waals surface area (Å²) in [4.78, 5) is 33.4. The van der Waals surface area contributed by atoms with Gasteiger partial charge in [0.05, 0.1) is 46.8 Å². The Morgan fingerprint density at radius 2 is 1.75 bits per heavy atom. The lowest BCUT2D eigenvalue weighted by atomic mass is 9.88. The molecular formula is C31H45N3O6. The number of rotatable bonds is 14. The molecule has 1 aromatic carbocycles. The highest BCUT2D eigenvalue weighted by Crippen LogP contribution is 2.28. The van der Waals surface area contributed by atoms with Gasteiger partial charge in [0, 0.05) is 38.6 Å². The van der Waals surface area contributed by atoms with Gasteiger partial charge < -0.3 is 28.4 Å². The van der Waals surface area contributed by atoms with Gasteiger partial charge in [0.15, 0.2) is 11.5 Å². The normalized spacial score (nSPS) is 16.4. The molecule has 0 atom stereocenters. The number of morpholine rings is 1. The van der Waals surface area contributed by atoms with Crippen LogP contribution in [0.4, 0.5) is 0 Å². The Hall–Kier alpha value is -3.04. The molecule has 2 fully saturated rings. The van der Waals surface area contributed by atoms with Crippen LogP contribution in [0, 0.1) is 5.92 Å². The second-order valence-electron chi connectivity index (χ2n) is 10.7. The van der Waals surface area contributed by atoms with E-state index >= 15 is 0 Å². The Morgan fingerprint density at radius 1 is 0.975 bits per heavy atom. The van der Waals surface area contributed by atoms with Crippen LogP contribution in [0.2, 0.25) is 0 Å².